The van der Waals surface area contributed by atoms with Gasteiger partial charge in [-0.1, -0.05) is 24.4 Å². The van der Waals surface area contributed by atoms with E-state index in [4.69, 9.17) is 11.6 Å². The molecule has 0 aliphatic heterocycles. The summed E-state index contributed by atoms with van der Waals surface area (Å²) in [6, 6.07) is 4.30. The van der Waals surface area contributed by atoms with Crippen molar-refractivity contribution in [3.8, 4) is 5.75 Å². The molecule has 6 heteroatoms. The van der Waals surface area contributed by atoms with E-state index in [2.05, 4.69) is 10.6 Å². The van der Waals surface area contributed by atoms with Crippen molar-refractivity contribution in [2.45, 2.75) is 44.1 Å². The van der Waals surface area contributed by atoms with Crippen LogP contribution in [0.15, 0.2) is 18.2 Å². The lowest BCUT2D eigenvalue weighted by atomic mass is 9.95. The Labute approximate surface area is 140 Å². The van der Waals surface area contributed by atoms with Gasteiger partial charge >= 0.3 is 0 Å². The minimum absolute atomic E-state index is 0.0685. The maximum absolute atomic E-state index is 12.6. The fraction of sp³-hybridized carbons (Fsp3) is 0.529. The van der Waals surface area contributed by atoms with E-state index in [-0.39, 0.29) is 22.6 Å². The number of benzene rings is 1. The monoisotopic (exact) mass is 336 g/mol. The number of aromatic hydroxyl groups is 1. The van der Waals surface area contributed by atoms with E-state index < -0.39 is 5.54 Å². The van der Waals surface area contributed by atoms with Crippen LogP contribution < -0.4 is 10.6 Å². The molecule has 0 atom stereocenters. The average molecular weight is 337 g/mol. The van der Waals surface area contributed by atoms with Crippen molar-refractivity contribution in [1.29, 1.82) is 0 Å². The zero-order valence-electron chi connectivity index (χ0n) is 12.9. The predicted molar refractivity (Wildman–Crippen MR) is 87.5 cm³/mol. The number of halogens is 1. The number of nitrogens with one attached hydrogen (secondary N) is 2. The number of carbonyl (C=O) groups excluding carboxylic acids is 2. The van der Waals surface area contributed by atoms with Crippen molar-refractivity contribution in [2.24, 2.45) is 5.92 Å². The summed E-state index contributed by atoms with van der Waals surface area (Å²) in [5.41, 5.74) is -0.481. The zero-order chi connectivity index (χ0) is 16.4. The third-order valence-electron chi connectivity index (χ3n) is 4.70. The summed E-state index contributed by atoms with van der Waals surface area (Å²) < 4.78 is 0. The van der Waals surface area contributed by atoms with Gasteiger partial charge in [0.25, 0.3) is 5.91 Å². The van der Waals surface area contributed by atoms with Crippen LogP contribution in [0, 0.1) is 5.92 Å². The van der Waals surface area contributed by atoms with Gasteiger partial charge in [-0.25, -0.2) is 0 Å². The summed E-state index contributed by atoms with van der Waals surface area (Å²) in [5, 5.41) is 15.5. The number of hydrogen-bond donors (Lipinski definition) is 3. The molecule has 1 aromatic rings. The van der Waals surface area contributed by atoms with Gasteiger partial charge in [0.1, 0.15) is 11.3 Å². The first kappa shape index (κ1) is 16.1. The molecule has 2 fully saturated rings. The molecular formula is C17H21ClN2O3. The van der Waals surface area contributed by atoms with Crippen molar-refractivity contribution in [3.63, 3.8) is 0 Å². The molecule has 0 bridgehead atoms. The standard InChI is InChI=1S/C17H21ClN2O3/c18-13-9-12(5-6-14(13)21)15(22)20-17(7-1-2-8-17)16(23)19-10-11-3-4-11/h5-6,9,11,21H,1-4,7-8,10H2,(H,19,23)(H,20,22). The normalized spacial score (nSPS) is 19.3. The number of phenols is 1. The predicted octanol–water partition coefficient (Wildman–Crippen LogP) is 2.61. The van der Waals surface area contributed by atoms with Gasteiger partial charge < -0.3 is 15.7 Å². The first-order valence-corrected chi connectivity index (χ1v) is 8.47. The summed E-state index contributed by atoms with van der Waals surface area (Å²) in [5.74, 6) is 0.112. The molecule has 2 aliphatic rings. The van der Waals surface area contributed by atoms with E-state index in [1.165, 1.54) is 31.0 Å². The minimum Gasteiger partial charge on any atom is -0.506 e. The SMILES string of the molecule is O=C(NC1(C(=O)NCC2CC2)CCCC1)c1ccc(O)c(Cl)c1. The quantitative estimate of drug-likeness (QED) is 0.773. The Morgan fingerprint density at radius 3 is 2.57 bits per heavy atom. The first-order chi connectivity index (χ1) is 11.0. The van der Waals surface area contributed by atoms with Crippen LogP contribution in [0.5, 0.6) is 5.75 Å². The molecule has 124 valence electrons. The lowest BCUT2D eigenvalue weighted by Gasteiger charge is -2.29. The highest BCUT2D eigenvalue weighted by Crippen LogP contribution is 2.32. The van der Waals surface area contributed by atoms with Crippen LogP contribution in [0.25, 0.3) is 0 Å². The van der Waals surface area contributed by atoms with Gasteiger partial charge in [-0.15, -0.1) is 0 Å². The Kier molecular flexibility index (Phi) is 4.48. The Morgan fingerprint density at radius 2 is 1.96 bits per heavy atom. The fourth-order valence-corrected chi connectivity index (χ4v) is 3.23. The molecule has 0 aromatic heterocycles. The summed E-state index contributed by atoms with van der Waals surface area (Å²) in [6.07, 6.45) is 5.50. The van der Waals surface area contributed by atoms with Crippen LogP contribution in [0.2, 0.25) is 5.02 Å². The molecule has 3 N–H and O–H groups in total. The van der Waals surface area contributed by atoms with Gasteiger partial charge in [-0.2, -0.15) is 0 Å². The largest absolute Gasteiger partial charge is 0.506 e. The van der Waals surface area contributed by atoms with Crippen LogP contribution in [0.3, 0.4) is 0 Å². The molecule has 2 saturated carbocycles. The summed E-state index contributed by atoms with van der Waals surface area (Å²) >= 11 is 5.85. The highest BCUT2D eigenvalue weighted by Gasteiger charge is 2.42. The van der Waals surface area contributed by atoms with Crippen LogP contribution >= 0.6 is 11.6 Å². The van der Waals surface area contributed by atoms with Crippen LogP contribution in [0.4, 0.5) is 0 Å². The van der Waals surface area contributed by atoms with E-state index in [0.29, 0.717) is 30.9 Å². The number of amides is 2. The van der Waals surface area contributed by atoms with E-state index >= 15 is 0 Å². The summed E-state index contributed by atoms with van der Waals surface area (Å²) in [6.45, 7) is 0.696. The van der Waals surface area contributed by atoms with Gasteiger partial charge in [-0.3, -0.25) is 9.59 Å². The van der Waals surface area contributed by atoms with E-state index in [1.54, 1.807) is 0 Å². The molecule has 3 rings (SSSR count). The second-order valence-corrected chi connectivity index (χ2v) is 6.97. The molecule has 1 aromatic carbocycles. The number of rotatable bonds is 5. The molecule has 2 amide bonds. The molecule has 2 aliphatic carbocycles. The highest BCUT2D eigenvalue weighted by atomic mass is 35.5. The van der Waals surface area contributed by atoms with Gasteiger partial charge in [0.05, 0.1) is 5.02 Å². The van der Waals surface area contributed by atoms with Crippen molar-refractivity contribution in [2.75, 3.05) is 6.54 Å². The third-order valence-corrected chi connectivity index (χ3v) is 5.01. The third kappa shape index (κ3) is 3.61. The Morgan fingerprint density at radius 1 is 1.26 bits per heavy atom. The van der Waals surface area contributed by atoms with Crippen LogP contribution in [0.1, 0.15) is 48.9 Å². The van der Waals surface area contributed by atoms with Crippen molar-refractivity contribution in [3.05, 3.63) is 28.8 Å². The minimum atomic E-state index is -0.823. The van der Waals surface area contributed by atoms with Gasteiger partial charge in [0.2, 0.25) is 5.91 Å². The van der Waals surface area contributed by atoms with E-state index in [0.717, 1.165) is 12.8 Å². The Hall–Kier alpha value is -1.75. The fourth-order valence-electron chi connectivity index (χ4n) is 3.05. The maximum Gasteiger partial charge on any atom is 0.252 e. The van der Waals surface area contributed by atoms with Gasteiger partial charge in [0, 0.05) is 12.1 Å². The molecule has 0 spiro atoms. The molecular weight excluding hydrogens is 316 g/mol. The second kappa shape index (κ2) is 6.40. The van der Waals surface area contributed by atoms with Gasteiger partial charge in [0.15, 0.2) is 0 Å². The maximum atomic E-state index is 12.6. The molecule has 0 unspecified atom stereocenters. The Bertz CT molecular complexity index is 622. The lowest BCUT2D eigenvalue weighted by molar-refractivity contribution is -0.127. The molecule has 0 saturated heterocycles. The highest BCUT2D eigenvalue weighted by molar-refractivity contribution is 6.32. The zero-order valence-corrected chi connectivity index (χ0v) is 13.7. The molecule has 23 heavy (non-hydrogen) atoms. The van der Waals surface area contributed by atoms with Crippen molar-refractivity contribution >= 4 is 23.4 Å². The Balaban J connectivity index is 1.71. The second-order valence-electron chi connectivity index (χ2n) is 6.56. The summed E-state index contributed by atoms with van der Waals surface area (Å²) in [4.78, 5) is 25.1. The van der Waals surface area contributed by atoms with Gasteiger partial charge in [-0.05, 0) is 49.8 Å². The average Bonchev–Trinajstić information content (AvgIpc) is 3.25. The number of phenolic OH excluding ortho intramolecular Hbond substituents is 1. The van der Waals surface area contributed by atoms with E-state index in [9.17, 15) is 14.7 Å². The first-order valence-electron chi connectivity index (χ1n) is 8.09. The molecule has 5 nitrogen and oxygen atoms in total. The topological polar surface area (TPSA) is 78.4 Å². The van der Waals surface area contributed by atoms with E-state index in [1.807, 2.05) is 0 Å². The van der Waals surface area contributed by atoms with Crippen molar-refractivity contribution < 1.29 is 14.7 Å². The lowest BCUT2D eigenvalue weighted by Crippen LogP contribution is -2.57. The molecule has 0 radical (unpaired) electrons. The van der Waals surface area contributed by atoms with Crippen molar-refractivity contribution in [1.82, 2.24) is 10.6 Å². The summed E-state index contributed by atoms with van der Waals surface area (Å²) in [7, 11) is 0. The smallest absolute Gasteiger partial charge is 0.252 e. The van der Waals surface area contributed by atoms with Crippen LogP contribution in [-0.4, -0.2) is 29.0 Å². The number of hydrogen-bond acceptors (Lipinski definition) is 3. The number of carbonyl (C=O) groups is 2. The van der Waals surface area contributed by atoms with Crippen LogP contribution in [-0.2, 0) is 4.79 Å². The molecule has 0 heterocycles.